The Morgan fingerprint density at radius 2 is 2.04 bits per heavy atom. The molecule has 1 N–H and O–H groups in total. The van der Waals surface area contributed by atoms with E-state index < -0.39 is 0 Å². The van der Waals surface area contributed by atoms with Gasteiger partial charge in [0.1, 0.15) is 5.82 Å². The number of H-pyrrole nitrogens is 1. The highest BCUT2D eigenvalue weighted by atomic mass is 16.1. The molecule has 3 heterocycles. The number of fused-ring (bicyclic) bond motifs is 1. The van der Waals surface area contributed by atoms with E-state index in [0.717, 1.165) is 30.9 Å². The topological polar surface area (TPSA) is 61.9 Å². The molecule has 1 fully saturated rings. The Bertz CT molecular complexity index is 922. The van der Waals surface area contributed by atoms with Crippen LogP contribution < -0.4 is 5.56 Å². The van der Waals surface area contributed by atoms with Crippen LogP contribution in [0.2, 0.25) is 0 Å². The number of pyridine rings is 1. The molecule has 0 radical (unpaired) electrons. The van der Waals surface area contributed by atoms with Gasteiger partial charge in [-0.1, -0.05) is 12.1 Å². The molecule has 0 bridgehead atoms. The minimum absolute atomic E-state index is 0.0556. The van der Waals surface area contributed by atoms with Crippen molar-refractivity contribution in [2.24, 2.45) is 5.92 Å². The molecule has 0 saturated carbocycles. The van der Waals surface area contributed by atoms with Gasteiger partial charge in [-0.05, 0) is 62.1 Å². The van der Waals surface area contributed by atoms with Crippen LogP contribution in [0.4, 0.5) is 0 Å². The van der Waals surface area contributed by atoms with Gasteiger partial charge in [0.15, 0.2) is 0 Å². The molecule has 0 spiro atoms. The molecule has 1 aromatic carbocycles. The van der Waals surface area contributed by atoms with Gasteiger partial charge in [-0.25, -0.2) is 4.98 Å². The van der Waals surface area contributed by atoms with Crippen LogP contribution in [-0.2, 0) is 6.42 Å². The summed E-state index contributed by atoms with van der Waals surface area (Å²) in [4.78, 5) is 26.5. The Morgan fingerprint density at radius 1 is 1.24 bits per heavy atom. The lowest BCUT2D eigenvalue weighted by molar-refractivity contribution is 0.243. The molecule has 0 aliphatic carbocycles. The monoisotopic (exact) mass is 334 g/mol. The normalized spacial score (nSPS) is 19.3. The van der Waals surface area contributed by atoms with Crippen LogP contribution in [0.25, 0.3) is 10.9 Å². The van der Waals surface area contributed by atoms with E-state index in [0.29, 0.717) is 11.3 Å². The molecule has 1 aliphatic heterocycles. The lowest BCUT2D eigenvalue weighted by Gasteiger charge is -2.23. The maximum atomic E-state index is 12.3. The quantitative estimate of drug-likeness (QED) is 0.797. The van der Waals surface area contributed by atoms with Crippen molar-refractivity contribution in [3.8, 4) is 0 Å². The van der Waals surface area contributed by atoms with Crippen molar-refractivity contribution < 1.29 is 0 Å². The number of aromatic nitrogens is 3. The van der Waals surface area contributed by atoms with Crippen LogP contribution in [0.1, 0.15) is 30.8 Å². The number of nitrogens with one attached hydrogen (secondary N) is 1. The van der Waals surface area contributed by atoms with E-state index in [2.05, 4.69) is 38.9 Å². The third kappa shape index (κ3) is 3.33. The third-order valence-electron chi connectivity index (χ3n) is 5.17. The third-order valence-corrected chi connectivity index (χ3v) is 5.17. The van der Waals surface area contributed by atoms with Crippen LogP contribution in [0.15, 0.2) is 53.6 Å². The van der Waals surface area contributed by atoms with Crippen molar-refractivity contribution in [2.75, 3.05) is 13.1 Å². The number of hydrogen-bond acceptors (Lipinski definition) is 4. The molecule has 3 aromatic rings. The predicted octanol–water partition coefficient (Wildman–Crippen LogP) is 2.94. The zero-order valence-electron chi connectivity index (χ0n) is 14.4. The average molecular weight is 334 g/mol. The van der Waals surface area contributed by atoms with Crippen molar-refractivity contribution in [3.63, 3.8) is 0 Å². The Kier molecular flexibility index (Phi) is 4.32. The van der Waals surface area contributed by atoms with Crippen molar-refractivity contribution in [1.82, 2.24) is 19.9 Å². The van der Waals surface area contributed by atoms with Crippen molar-refractivity contribution in [3.05, 3.63) is 70.5 Å². The summed E-state index contributed by atoms with van der Waals surface area (Å²) >= 11 is 0. The SMILES string of the molecule is CC(c1nc2ccccc2c(=O)[nH]1)N1CCC(Cc2ccncc2)C1. The van der Waals surface area contributed by atoms with Gasteiger partial charge in [0.05, 0.1) is 16.9 Å². The number of para-hydroxylation sites is 1. The first-order chi connectivity index (χ1) is 12.2. The van der Waals surface area contributed by atoms with E-state index in [9.17, 15) is 4.79 Å². The first-order valence-corrected chi connectivity index (χ1v) is 8.82. The predicted molar refractivity (Wildman–Crippen MR) is 98.4 cm³/mol. The van der Waals surface area contributed by atoms with E-state index >= 15 is 0 Å². The van der Waals surface area contributed by atoms with Crippen molar-refractivity contribution in [1.29, 1.82) is 0 Å². The van der Waals surface area contributed by atoms with E-state index in [1.807, 2.05) is 36.7 Å². The molecule has 1 saturated heterocycles. The number of aromatic amines is 1. The second-order valence-corrected chi connectivity index (χ2v) is 6.85. The lowest BCUT2D eigenvalue weighted by Crippen LogP contribution is -2.28. The van der Waals surface area contributed by atoms with E-state index in [1.54, 1.807) is 0 Å². The van der Waals surface area contributed by atoms with Gasteiger partial charge in [0.2, 0.25) is 0 Å². The van der Waals surface area contributed by atoms with Crippen LogP contribution in [0.3, 0.4) is 0 Å². The van der Waals surface area contributed by atoms with Crippen molar-refractivity contribution >= 4 is 10.9 Å². The summed E-state index contributed by atoms with van der Waals surface area (Å²) in [7, 11) is 0. The first kappa shape index (κ1) is 16.0. The molecule has 2 unspecified atom stereocenters. The minimum atomic E-state index is -0.0556. The fourth-order valence-electron chi connectivity index (χ4n) is 3.71. The van der Waals surface area contributed by atoms with Gasteiger partial charge >= 0.3 is 0 Å². The van der Waals surface area contributed by atoms with E-state index in [-0.39, 0.29) is 11.6 Å². The lowest BCUT2D eigenvalue weighted by atomic mass is 10.00. The second-order valence-electron chi connectivity index (χ2n) is 6.85. The highest BCUT2D eigenvalue weighted by molar-refractivity contribution is 5.77. The van der Waals surface area contributed by atoms with Crippen LogP contribution in [0.5, 0.6) is 0 Å². The Labute approximate surface area is 146 Å². The van der Waals surface area contributed by atoms with Gasteiger partial charge in [0.25, 0.3) is 5.56 Å². The Hall–Kier alpha value is -2.53. The maximum Gasteiger partial charge on any atom is 0.258 e. The molecule has 2 aromatic heterocycles. The van der Waals surface area contributed by atoms with Crippen molar-refractivity contribution in [2.45, 2.75) is 25.8 Å². The van der Waals surface area contributed by atoms with Gasteiger partial charge in [-0.15, -0.1) is 0 Å². The average Bonchev–Trinajstić information content (AvgIpc) is 3.10. The Balaban J connectivity index is 1.50. The fraction of sp³-hybridized carbons (Fsp3) is 0.350. The number of likely N-dealkylation sites (tertiary alicyclic amines) is 1. The summed E-state index contributed by atoms with van der Waals surface area (Å²) in [5, 5.41) is 0.649. The van der Waals surface area contributed by atoms with Gasteiger partial charge < -0.3 is 4.98 Å². The summed E-state index contributed by atoms with van der Waals surface area (Å²) < 4.78 is 0. The number of benzene rings is 1. The minimum Gasteiger partial charge on any atom is -0.309 e. The summed E-state index contributed by atoms with van der Waals surface area (Å²) in [6.45, 7) is 4.19. The van der Waals surface area contributed by atoms with E-state index in [4.69, 9.17) is 0 Å². The first-order valence-electron chi connectivity index (χ1n) is 8.82. The molecule has 5 nitrogen and oxygen atoms in total. The highest BCUT2D eigenvalue weighted by Crippen LogP contribution is 2.27. The summed E-state index contributed by atoms with van der Waals surface area (Å²) in [5.41, 5.74) is 2.05. The summed E-state index contributed by atoms with van der Waals surface area (Å²) in [6, 6.07) is 11.8. The smallest absolute Gasteiger partial charge is 0.258 e. The van der Waals surface area contributed by atoms with Gasteiger partial charge in [-0.3, -0.25) is 14.7 Å². The standard InChI is InChI=1S/C20H22N4O/c1-14(19-22-18-5-3-2-4-17(18)20(25)23-19)24-11-8-16(13-24)12-15-6-9-21-10-7-15/h2-7,9-10,14,16H,8,11-13H2,1H3,(H,22,23,25). The van der Waals surface area contributed by atoms with Gasteiger partial charge in [-0.2, -0.15) is 0 Å². The largest absolute Gasteiger partial charge is 0.309 e. The highest BCUT2D eigenvalue weighted by Gasteiger charge is 2.28. The number of hydrogen-bond donors (Lipinski definition) is 1. The zero-order chi connectivity index (χ0) is 17.2. The number of rotatable bonds is 4. The van der Waals surface area contributed by atoms with E-state index in [1.165, 1.54) is 12.0 Å². The van der Waals surface area contributed by atoms with Crippen LogP contribution in [-0.4, -0.2) is 32.9 Å². The summed E-state index contributed by atoms with van der Waals surface area (Å²) in [5.74, 6) is 1.39. The van der Waals surface area contributed by atoms with Crippen LogP contribution in [0, 0.1) is 5.92 Å². The molecule has 4 rings (SSSR count). The van der Waals surface area contributed by atoms with Gasteiger partial charge in [0, 0.05) is 18.9 Å². The maximum absolute atomic E-state index is 12.3. The molecular weight excluding hydrogens is 312 g/mol. The molecule has 1 aliphatic rings. The molecule has 25 heavy (non-hydrogen) atoms. The fourth-order valence-corrected chi connectivity index (χ4v) is 3.71. The Morgan fingerprint density at radius 3 is 2.88 bits per heavy atom. The van der Waals surface area contributed by atoms with Crippen LogP contribution >= 0.6 is 0 Å². The number of nitrogens with zero attached hydrogens (tertiary/aromatic N) is 3. The molecule has 5 heteroatoms. The summed E-state index contributed by atoms with van der Waals surface area (Å²) in [6.07, 6.45) is 5.96. The molecule has 0 amide bonds. The molecular formula is C20H22N4O. The zero-order valence-corrected chi connectivity index (χ0v) is 14.4. The molecule has 128 valence electrons. The molecule has 2 atom stereocenters. The second kappa shape index (κ2) is 6.76.